The Hall–Kier alpha value is -0.770. The predicted molar refractivity (Wildman–Crippen MR) is 72.8 cm³/mol. The van der Waals surface area contributed by atoms with Crippen molar-refractivity contribution in [3.05, 3.63) is 29.8 Å². The van der Waals surface area contributed by atoms with E-state index in [1.165, 1.54) is 5.56 Å². The molecule has 1 atom stereocenters. The molecule has 0 aliphatic carbocycles. The molecule has 0 aliphatic heterocycles. The Balaban J connectivity index is 0.00000256. The second kappa shape index (κ2) is 6.84. The summed E-state index contributed by atoms with van der Waals surface area (Å²) in [5, 5.41) is 12.3. The Bertz CT molecular complexity index is 325. The Morgan fingerprint density at radius 2 is 1.82 bits per heavy atom. The van der Waals surface area contributed by atoms with Crippen molar-refractivity contribution < 1.29 is 9.84 Å². The number of hydrogen-bond acceptors (Lipinski definition) is 3. The van der Waals surface area contributed by atoms with Gasteiger partial charge in [-0.25, -0.2) is 0 Å². The fourth-order valence-corrected chi connectivity index (χ4v) is 1.45. The number of aliphatic hydroxyl groups is 1. The third kappa shape index (κ3) is 5.91. The minimum atomic E-state index is -0.329. The molecule has 0 aliphatic rings. The molecule has 1 aromatic rings. The van der Waals surface area contributed by atoms with Crippen LogP contribution in [-0.4, -0.2) is 23.5 Å². The van der Waals surface area contributed by atoms with E-state index >= 15 is 0 Å². The number of aryl methyl sites for hydroxylation is 1. The van der Waals surface area contributed by atoms with Crippen molar-refractivity contribution in [1.29, 1.82) is 0 Å². The molecular formula is C13H22ClNO2. The second-order valence-electron chi connectivity index (χ2n) is 4.76. The molecule has 1 unspecified atom stereocenters. The van der Waals surface area contributed by atoms with Crippen LogP contribution in [0.2, 0.25) is 0 Å². The van der Waals surface area contributed by atoms with Gasteiger partial charge >= 0.3 is 0 Å². The van der Waals surface area contributed by atoms with E-state index in [4.69, 9.17) is 9.84 Å². The lowest BCUT2D eigenvalue weighted by Crippen LogP contribution is -2.49. The second-order valence-corrected chi connectivity index (χ2v) is 4.76. The summed E-state index contributed by atoms with van der Waals surface area (Å²) in [6.07, 6.45) is -0.134. The van der Waals surface area contributed by atoms with Gasteiger partial charge in [-0.2, -0.15) is 0 Å². The smallest absolute Gasteiger partial charge is 0.147 e. The summed E-state index contributed by atoms with van der Waals surface area (Å²) in [5.74, 6) is 0.833. The van der Waals surface area contributed by atoms with Gasteiger partial charge in [0.2, 0.25) is 0 Å². The summed E-state index contributed by atoms with van der Waals surface area (Å²) in [6, 6.07) is 7.91. The lowest BCUT2D eigenvalue weighted by atomic mass is 10.1. The van der Waals surface area contributed by atoms with Crippen LogP contribution in [0.4, 0.5) is 0 Å². The lowest BCUT2D eigenvalue weighted by molar-refractivity contribution is 0.103. The number of benzene rings is 1. The maximum atomic E-state index is 9.13. The van der Waals surface area contributed by atoms with Gasteiger partial charge in [-0.05, 0) is 39.8 Å². The quantitative estimate of drug-likeness (QED) is 0.799. The standard InChI is InChI=1S/C13H21NO2.ClH/c1-10-5-7-12(8-6-10)16-11(2)14-13(3,4)9-15;/h5-8,11,14-15H,9H2,1-4H3;1H. The number of aliphatic hydroxyl groups excluding tert-OH is 1. The number of hydrogen-bond donors (Lipinski definition) is 2. The summed E-state index contributed by atoms with van der Waals surface area (Å²) >= 11 is 0. The third-order valence-electron chi connectivity index (χ3n) is 2.32. The highest BCUT2D eigenvalue weighted by Gasteiger charge is 2.19. The molecule has 0 bridgehead atoms. The van der Waals surface area contributed by atoms with E-state index in [1.807, 2.05) is 52.0 Å². The van der Waals surface area contributed by atoms with Crippen LogP contribution in [0, 0.1) is 6.92 Å². The molecule has 0 saturated carbocycles. The number of rotatable bonds is 5. The van der Waals surface area contributed by atoms with E-state index in [1.54, 1.807) is 0 Å². The van der Waals surface area contributed by atoms with Crippen LogP contribution < -0.4 is 10.1 Å². The number of nitrogens with one attached hydrogen (secondary N) is 1. The predicted octanol–water partition coefficient (Wildman–Crippen LogP) is 2.50. The molecule has 17 heavy (non-hydrogen) atoms. The largest absolute Gasteiger partial charge is 0.476 e. The molecule has 2 N–H and O–H groups in total. The zero-order valence-corrected chi connectivity index (χ0v) is 11.7. The minimum absolute atomic E-state index is 0. The monoisotopic (exact) mass is 259 g/mol. The van der Waals surface area contributed by atoms with Crippen LogP contribution in [0.5, 0.6) is 5.75 Å². The van der Waals surface area contributed by atoms with Crippen LogP contribution in [0.3, 0.4) is 0 Å². The fourth-order valence-electron chi connectivity index (χ4n) is 1.45. The van der Waals surface area contributed by atoms with E-state index < -0.39 is 0 Å². The van der Waals surface area contributed by atoms with Gasteiger partial charge < -0.3 is 9.84 Å². The molecule has 0 saturated heterocycles. The van der Waals surface area contributed by atoms with E-state index in [0.29, 0.717) is 0 Å². The van der Waals surface area contributed by atoms with Gasteiger partial charge in [0.05, 0.1) is 6.61 Å². The summed E-state index contributed by atoms with van der Waals surface area (Å²) in [4.78, 5) is 0. The first-order chi connectivity index (χ1) is 7.43. The molecule has 0 spiro atoms. The van der Waals surface area contributed by atoms with Crippen molar-refractivity contribution in [2.24, 2.45) is 0 Å². The highest BCUT2D eigenvalue weighted by atomic mass is 35.5. The van der Waals surface area contributed by atoms with Crippen molar-refractivity contribution in [2.45, 2.75) is 39.5 Å². The van der Waals surface area contributed by atoms with Gasteiger partial charge in [0, 0.05) is 5.54 Å². The SMILES string of the molecule is Cc1ccc(OC(C)NC(C)(C)CO)cc1.Cl. The fraction of sp³-hybridized carbons (Fsp3) is 0.538. The zero-order chi connectivity index (χ0) is 12.2. The first-order valence-corrected chi connectivity index (χ1v) is 5.55. The van der Waals surface area contributed by atoms with Crippen molar-refractivity contribution in [2.75, 3.05) is 6.61 Å². The van der Waals surface area contributed by atoms with Gasteiger partial charge in [0.25, 0.3) is 0 Å². The summed E-state index contributed by atoms with van der Waals surface area (Å²) in [6.45, 7) is 7.91. The highest BCUT2D eigenvalue weighted by molar-refractivity contribution is 5.85. The zero-order valence-electron chi connectivity index (χ0n) is 10.9. The van der Waals surface area contributed by atoms with Gasteiger partial charge in [0.1, 0.15) is 12.0 Å². The van der Waals surface area contributed by atoms with Gasteiger partial charge in [-0.1, -0.05) is 17.7 Å². The average Bonchev–Trinajstić information content (AvgIpc) is 2.21. The molecule has 98 valence electrons. The van der Waals surface area contributed by atoms with E-state index in [2.05, 4.69) is 5.32 Å². The maximum absolute atomic E-state index is 9.13. The van der Waals surface area contributed by atoms with Crippen LogP contribution >= 0.6 is 12.4 Å². The van der Waals surface area contributed by atoms with Crippen LogP contribution in [-0.2, 0) is 0 Å². The van der Waals surface area contributed by atoms with Gasteiger partial charge in [0.15, 0.2) is 0 Å². The van der Waals surface area contributed by atoms with Crippen molar-refractivity contribution in [3.63, 3.8) is 0 Å². The van der Waals surface area contributed by atoms with E-state index in [9.17, 15) is 0 Å². The van der Waals surface area contributed by atoms with Crippen molar-refractivity contribution in [3.8, 4) is 5.75 Å². The summed E-state index contributed by atoms with van der Waals surface area (Å²) in [5.41, 5.74) is 0.882. The van der Waals surface area contributed by atoms with Crippen LogP contribution in [0.1, 0.15) is 26.3 Å². The molecule has 1 rings (SSSR count). The Kier molecular flexibility index (Phi) is 6.53. The molecule has 0 aromatic heterocycles. The van der Waals surface area contributed by atoms with Crippen molar-refractivity contribution >= 4 is 12.4 Å². The van der Waals surface area contributed by atoms with Crippen molar-refractivity contribution in [1.82, 2.24) is 5.32 Å². The van der Waals surface area contributed by atoms with E-state index in [0.717, 1.165) is 5.75 Å². The minimum Gasteiger partial charge on any atom is -0.476 e. The lowest BCUT2D eigenvalue weighted by Gasteiger charge is -2.28. The molecule has 3 nitrogen and oxygen atoms in total. The third-order valence-corrected chi connectivity index (χ3v) is 2.32. The molecule has 0 radical (unpaired) electrons. The highest BCUT2D eigenvalue weighted by Crippen LogP contribution is 2.13. The molecule has 0 amide bonds. The topological polar surface area (TPSA) is 41.5 Å². The Morgan fingerprint density at radius 1 is 1.29 bits per heavy atom. The first-order valence-electron chi connectivity index (χ1n) is 5.55. The molecule has 0 heterocycles. The average molecular weight is 260 g/mol. The molecule has 4 heteroatoms. The normalized spacial score (nSPS) is 12.8. The molecule has 1 aromatic carbocycles. The maximum Gasteiger partial charge on any atom is 0.147 e. The molecule has 0 fully saturated rings. The van der Waals surface area contributed by atoms with Crippen LogP contribution in [0.25, 0.3) is 0 Å². The Morgan fingerprint density at radius 3 is 2.29 bits per heavy atom. The first kappa shape index (κ1) is 16.2. The number of ether oxygens (including phenoxy) is 1. The number of halogens is 1. The molecular weight excluding hydrogens is 238 g/mol. The summed E-state index contributed by atoms with van der Waals surface area (Å²) in [7, 11) is 0. The van der Waals surface area contributed by atoms with Gasteiger partial charge in [-0.15, -0.1) is 12.4 Å². The van der Waals surface area contributed by atoms with Crippen LogP contribution in [0.15, 0.2) is 24.3 Å². The Labute approximate surface area is 110 Å². The van der Waals surface area contributed by atoms with Gasteiger partial charge in [-0.3, -0.25) is 5.32 Å². The van der Waals surface area contributed by atoms with E-state index in [-0.39, 0.29) is 30.8 Å². The summed E-state index contributed by atoms with van der Waals surface area (Å²) < 4.78 is 5.68.